The number of hydrogen-bond acceptors (Lipinski definition) is 5. The maximum absolute atomic E-state index is 12.9. The van der Waals surface area contributed by atoms with Crippen LogP contribution >= 0.6 is 31.9 Å². The first-order valence-corrected chi connectivity index (χ1v) is 12.3. The summed E-state index contributed by atoms with van der Waals surface area (Å²) in [5.74, 6) is -0.379. The lowest BCUT2D eigenvalue weighted by Crippen LogP contribution is -2.32. The van der Waals surface area contributed by atoms with E-state index in [1.165, 1.54) is 6.21 Å². The topological polar surface area (TPSA) is 100 Å². The maximum atomic E-state index is 12.9. The van der Waals surface area contributed by atoms with Gasteiger partial charge in [0.05, 0.1) is 17.3 Å². The van der Waals surface area contributed by atoms with E-state index in [9.17, 15) is 14.7 Å². The van der Waals surface area contributed by atoms with Crippen molar-refractivity contribution in [3.8, 4) is 11.5 Å². The average Bonchev–Trinajstić information content (AvgIpc) is 2.86. The molecule has 0 heterocycles. The van der Waals surface area contributed by atoms with E-state index < -0.39 is 11.8 Å². The van der Waals surface area contributed by atoms with Gasteiger partial charge in [-0.1, -0.05) is 53.2 Å². The van der Waals surface area contributed by atoms with Crippen LogP contribution in [0.3, 0.4) is 0 Å². The highest BCUT2D eigenvalue weighted by Crippen LogP contribution is 2.30. The molecular formula is C26H23Br2N3O4. The number of hydrazone groups is 1. The number of amides is 2. The summed E-state index contributed by atoms with van der Waals surface area (Å²) in [5.41, 5.74) is 3.86. The molecule has 180 valence electrons. The van der Waals surface area contributed by atoms with Gasteiger partial charge in [-0.3, -0.25) is 9.59 Å². The number of carbonyl (C=O) groups is 2. The standard InChI is InChI=1S/C26H23Br2N3O4/c1-2-12-35-21-10-8-17(9-11-21)13-23(30-25(33)18-6-4-3-5-7-18)26(34)31-29-16-19-14-20(27)15-22(28)24(19)32/h3-11,13-16,32H,2,12H2,1H3,(H,30,33)(H,31,34). The number of ether oxygens (including phenoxy) is 1. The Kier molecular flexibility index (Phi) is 9.63. The molecule has 0 atom stereocenters. The van der Waals surface area contributed by atoms with E-state index in [0.717, 1.165) is 10.9 Å². The number of phenolic OH excluding ortho intramolecular Hbond substituents is 1. The highest BCUT2D eigenvalue weighted by atomic mass is 79.9. The van der Waals surface area contributed by atoms with Gasteiger partial charge in [-0.05, 0) is 70.4 Å². The van der Waals surface area contributed by atoms with Crippen molar-refractivity contribution >= 4 is 56.0 Å². The molecule has 35 heavy (non-hydrogen) atoms. The summed E-state index contributed by atoms with van der Waals surface area (Å²) in [7, 11) is 0. The molecule has 0 unspecified atom stereocenters. The van der Waals surface area contributed by atoms with Crippen molar-refractivity contribution < 1.29 is 19.4 Å². The lowest BCUT2D eigenvalue weighted by Gasteiger charge is -2.10. The Hall–Kier alpha value is -3.43. The third-order valence-electron chi connectivity index (χ3n) is 4.62. The Morgan fingerprint density at radius 1 is 1.06 bits per heavy atom. The van der Waals surface area contributed by atoms with Crippen LogP contribution in [0.2, 0.25) is 0 Å². The van der Waals surface area contributed by atoms with Crippen LogP contribution in [0, 0.1) is 0 Å². The minimum Gasteiger partial charge on any atom is -0.506 e. The van der Waals surface area contributed by atoms with E-state index in [1.807, 2.05) is 6.92 Å². The molecule has 3 N–H and O–H groups in total. The van der Waals surface area contributed by atoms with E-state index in [2.05, 4.69) is 47.7 Å². The number of phenols is 1. The monoisotopic (exact) mass is 599 g/mol. The van der Waals surface area contributed by atoms with E-state index >= 15 is 0 Å². The van der Waals surface area contributed by atoms with Gasteiger partial charge in [-0.15, -0.1) is 0 Å². The van der Waals surface area contributed by atoms with Crippen LogP contribution in [0.25, 0.3) is 6.08 Å². The van der Waals surface area contributed by atoms with Crippen LogP contribution in [0.1, 0.15) is 34.8 Å². The summed E-state index contributed by atoms with van der Waals surface area (Å²) in [4.78, 5) is 25.6. The molecule has 3 aromatic carbocycles. The number of hydrogen-bond donors (Lipinski definition) is 3. The molecule has 0 aliphatic heterocycles. The fourth-order valence-electron chi connectivity index (χ4n) is 2.89. The van der Waals surface area contributed by atoms with Gasteiger partial charge >= 0.3 is 0 Å². The Morgan fingerprint density at radius 2 is 1.77 bits per heavy atom. The zero-order valence-corrected chi connectivity index (χ0v) is 22.0. The number of nitrogens with one attached hydrogen (secondary N) is 2. The molecule has 0 saturated heterocycles. The van der Waals surface area contributed by atoms with Gasteiger partial charge in [0.15, 0.2) is 0 Å². The molecule has 0 aliphatic carbocycles. The van der Waals surface area contributed by atoms with Crippen LogP contribution in [0.15, 0.2) is 86.5 Å². The van der Waals surface area contributed by atoms with Gasteiger partial charge in [0, 0.05) is 15.6 Å². The normalized spacial score (nSPS) is 11.3. The number of carbonyl (C=O) groups excluding carboxylic acids is 2. The quantitative estimate of drug-likeness (QED) is 0.168. The van der Waals surface area contributed by atoms with Crippen molar-refractivity contribution in [2.75, 3.05) is 6.61 Å². The van der Waals surface area contributed by atoms with E-state index in [1.54, 1.807) is 72.8 Å². The molecule has 0 radical (unpaired) electrons. The van der Waals surface area contributed by atoms with Gasteiger partial charge in [0.1, 0.15) is 17.2 Å². The van der Waals surface area contributed by atoms with Crippen molar-refractivity contribution in [2.24, 2.45) is 5.10 Å². The molecule has 3 rings (SSSR count). The summed E-state index contributed by atoms with van der Waals surface area (Å²) >= 11 is 6.59. The number of halogens is 2. The van der Waals surface area contributed by atoms with Gasteiger partial charge in [-0.25, -0.2) is 5.43 Å². The molecular weight excluding hydrogens is 578 g/mol. The predicted octanol–water partition coefficient (Wildman–Crippen LogP) is 5.63. The predicted molar refractivity (Wildman–Crippen MR) is 143 cm³/mol. The zero-order valence-electron chi connectivity index (χ0n) is 18.8. The molecule has 7 nitrogen and oxygen atoms in total. The molecule has 0 aromatic heterocycles. The smallest absolute Gasteiger partial charge is 0.287 e. The van der Waals surface area contributed by atoms with Crippen molar-refractivity contribution in [1.82, 2.24) is 10.7 Å². The zero-order chi connectivity index (χ0) is 25.2. The molecule has 0 saturated carbocycles. The third-order valence-corrected chi connectivity index (χ3v) is 5.68. The Morgan fingerprint density at radius 3 is 2.46 bits per heavy atom. The third kappa shape index (κ3) is 7.80. The number of benzene rings is 3. The summed E-state index contributed by atoms with van der Waals surface area (Å²) in [5, 5.41) is 16.7. The first-order chi connectivity index (χ1) is 16.9. The number of nitrogens with zero attached hydrogens (tertiary/aromatic N) is 1. The van der Waals surface area contributed by atoms with E-state index in [0.29, 0.717) is 33.5 Å². The van der Waals surface area contributed by atoms with Crippen molar-refractivity contribution in [1.29, 1.82) is 0 Å². The van der Waals surface area contributed by atoms with Gasteiger partial charge in [0.25, 0.3) is 11.8 Å². The molecule has 0 fully saturated rings. The fraction of sp³-hybridized carbons (Fsp3) is 0.115. The van der Waals surface area contributed by atoms with Crippen LogP contribution in [0.5, 0.6) is 11.5 Å². The highest BCUT2D eigenvalue weighted by Gasteiger charge is 2.14. The molecule has 0 bridgehead atoms. The summed E-state index contributed by atoms with van der Waals surface area (Å²) in [6, 6.07) is 19.1. The average molecular weight is 601 g/mol. The van der Waals surface area contributed by atoms with Gasteiger partial charge in [-0.2, -0.15) is 5.10 Å². The number of aromatic hydroxyl groups is 1. The van der Waals surface area contributed by atoms with Crippen molar-refractivity contribution in [3.63, 3.8) is 0 Å². The number of rotatable bonds is 9. The Bertz CT molecular complexity index is 1240. The minimum absolute atomic E-state index is 0.00197. The van der Waals surface area contributed by atoms with E-state index in [4.69, 9.17) is 4.74 Å². The van der Waals surface area contributed by atoms with Crippen molar-refractivity contribution in [3.05, 3.63) is 98.1 Å². The lowest BCUT2D eigenvalue weighted by atomic mass is 10.1. The lowest BCUT2D eigenvalue weighted by molar-refractivity contribution is -0.117. The molecule has 0 spiro atoms. The summed E-state index contributed by atoms with van der Waals surface area (Å²) in [6.45, 7) is 2.63. The van der Waals surface area contributed by atoms with Crippen LogP contribution in [0.4, 0.5) is 0 Å². The van der Waals surface area contributed by atoms with Crippen LogP contribution in [-0.2, 0) is 4.79 Å². The van der Waals surface area contributed by atoms with Gasteiger partial charge in [0.2, 0.25) is 0 Å². The second kappa shape index (κ2) is 12.9. The van der Waals surface area contributed by atoms with Gasteiger partial charge < -0.3 is 15.2 Å². The first-order valence-electron chi connectivity index (χ1n) is 10.7. The second-order valence-corrected chi connectivity index (χ2v) is 9.09. The molecule has 2 amide bonds. The van der Waals surface area contributed by atoms with Crippen LogP contribution in [-0.4, -0.2) is 29.7 Å². The Balaban J connectivity index is 1.82. The summed E-state index contributed by atoms with van der Waals surface area (Å²) < 4.78 is 6.78. The van der Waals surface area contributed by atoms with Crippen LogP contribution < -0.4 is 15.5 Å². The molecule has 0 aliphatic rings. The first kappa shape index (κ1) is 26.2. The second-order valence-electron chi connectivity index (χ2n) is 7.32. The molecule has 3 aromatic rings. The largest absolute Gasteiger partial charge is 0.506 e. The minimum atomic E-state index is -0.634. The van der Waals surface area contributed by atoms with Crippen molar-refractivity contribution in [2.45, 2.75) is 13.3 Å². The highest BCUT2D eigenvalue weighted by molar-refractivity contribution is 9.11. The summed E-state index contributed by atoms with van der Waals surface area (Å²) in [6.07, 6.45) is 3.74. The SMILES string of the molecule is CCCOc1ccc(C=C(NC(=O)c2ccccc2)C(=O)NN=Cc2cc(Br)cc(Br)c2O)cc1. The Labute approximate surface area is 220 Å². The maximum Gasteiger partial charge on any atom is 0.287 e. The fourth-order valence-corrected chi connectivity index (χ4v) is 4.15. The van der Waals surface area contributed by atoms with E-state index in [-0.39, 0.29) is 11.4 Å². The molecule has 9 heteroatoms.